The van der Waals surface area contributed by atoms with E-state index in [9.17, 15) is 0 Å². The molecule has 0 N–H and O–H groups in total. The normalized spacial score (nSPS) is 12.4. The van der Waals surface area contributed by atoms with Crippen LogP contribution in [-0.4, -0.2) is 9.97 Å². The molecule has 2 aromatic rings. The molecule has 1 aromatic carbocycles. The maximum absolute atomic E-state index is 4.44. The Labute approximate surface area is 122 Å². The lowest BCUT2D eigenvalue weighted by Crippen LogP contribution is -2.22. The van der Waals surface area contributed by atoms with Gasteiger partial charge in [0.05, 0.1) is 5.69 Å². The van der Waals surface area contributed by atoms with Crippen molar-refractivity contribution in [3.05, 3.63) is 59.7 Å². The topological polar surface area (TPSA) is 25.8 Å². The predicted molar refractivity (Wildman–Crippen MR) is 83.9 cm³/mol. The van der Waals surface area contributed by atoms with Gasteiger partial charge in [0.2, 0.25) is 0 Å². The SMILES string of the molecule is CC(C)(C)c1ccc(CC(C)(C)c2cnccn2)cc1. The lowest BCUT2D eigenvalue weighted by Gasteiger charge is -2.24. The average molecular weight is 268 g/mol. The van der Waals surface area contributed by atoms with Gasteiger partial charge in [-0.15, -0.1) is 0 Å². The monoisotopic (exact) mass is 268 g/mol. The maximum Gasteiger partial charge on any atom is 0.0646 e. The number of aromatic nitrogens is 2. The molecule has 0 fully saturated rings. The van der Waals surface area contributed by atoms with E-state index in [-0.39, 0.29) is 10.8 Å². The largest absolute Gasteiger partial charge is 0.261 e. The summed E-state index contributed by atoms with van der Waals surface area (Å²) < 4.78 is 0. The second kappa shape index (κ2) is 5.35. The van der Waals surface area contributed by atoms with Gasteiger partial charge in [-0.2, -0.15) is 0 Å². The van der Waals surface area contributed by atoms with Gasteiger partial charge >= 0.3 is 0 Å². The Hall–Kier alpha value is -1.70. The van der Waals surface area contributed by atoms with E-state index in [0.29, 0.717) is 0 Å². The van der Waals surface area contributed by atoms with Crippen LogP contribution in [0.1, 0.15) is 51.4 Å². The number of rotatable bonds is 3. The first-order chi connectivity index (χ1) is 9.29. The van der Waals surface area contributed by atoms with E-state index >= 15 is 0 Å². The van der Waals surface area contributed by atoms with Crippen molar-refractivity contribution in [2.24, 2.45) is 0 Å². The molecule has 1 aromatic heterocycles. The minimum Gasteiger partial charge on any atom is -0.261 e. The molecule has 0 saturated heterocycles. The predicted octanol–water partition coefficient (Wildman–Crippen LogP) is 4.29. The summed E-state index contributed by atoms with van der Waals surface area (Å²) in [4.78, 5) is 8.62. The van der Waals surface area contributed by atoms with Crippen LogP contribution in [0.2, 0.25) is 0 Å². The highest BCUT2D eigenvalue weighted by molar-refractivity contribution is 5.29. The van der Waals surface area contributed by atoms with Crippen molar-refractivity contribution in [2.75, 3.05) is 0 Å². The lowest BCUT2D eigenvalue weighted by molar-refractivity contribution is 0.502. The number of nitrogens with zero attached hydrogens (tertiary/aromatic N) is 2. The fourth-order valence-corrected chi connectivity index (χ4v) is 2.37. The van der Waals surface area contributed by atoms with E-state index in [1.165, 1.54) is 11.1 Å². The molecular weight excluding hydrogens is 244 g/mol. The molecule has 0 amide bonds. The molecular formula is C18H24N2. The van der Waals surface area contributed by atoms with Gasteiger partial charge in [0.25, 0.3) is 0 Å². The van der Waals surface area contributed by atoms with E-state index < -0.39 is 0 Å². The van der Waals surface area contributed by atoms with E-state index in [1.807, 2.05) is 6.20 Å². The molecule has 1 heterocycles. The second-order valence-corrected chi connectivity index (χ2v) is 7.10. The van der Waals surface area contributed by atoms with Gasteiger partial charge in [-0.1, -0.05) is 58.9 Å². The highest BCUT2D eigenvalue weighted by Gasteiger charge is 2.23. The van der Waals surface area contributed by atoms with Crippen LogP contribution < -0.4 is 0 Å². The molecule has 0 aliphatic rings. The standard InChI is InChI=1S/C18H24N2/c1-17(2,3)15-8-6-14(7-9-15)12-18(4,5)16-13-19-10-11-20-16/h6-11,13H,12H2,1-5H3. The van der Waals surface area contributed by atoms with Crippen LogP contribution in [-0.2, 0) is 17.3 Å². The fourth-order valence-electron chi connectivity index (χ4n) is 2.37. The number of hydrogen-bond donors (Lipinski definition) is 0. The molecule has 106 valence electrons. The van der Waals surface area contributed by atoms with Crippen LogP contribution in [0, 0.1) is 0 Å². The summed E-state index contributed by atoms with van der Waals surface area (Å²) in [6, 6.07) is 8.95. The average Bonchev–Trinajstić information content (AvgIpc) is 2.39. The van der Waals surface area contributed by atoms with Crippen molar-refractivity contribution in [3.63, 3.8) is 0 Å². The van der Waals surface area contributed by atoms with Gasteiger partial charge in [-0.25, -0.2) is 0 Å². The minimum absolute atomic E-state index is 0.00247. The van der Waals surface area contributed by atoms with Crippen LogP contribution in [0.5, 0.6) is 0 Å². The van der Waals surface area contributed by atoms with Crippen molar-refractivity contribution < 1.29 is 0 Å². The van der Waals surface area contributed by atoms with Crippen LogP contribution in [0.3, 0.4) is 0 Å². The van der Waals surface area contributed by atoms with Crippen LogP contribution >= 0.6 is 0 Å². The molecule has 0 unspecified atom stereocenters. The Balaban J connectivity index is 2.18. The first kappa shape index (κ1) is 14.7. The number of hydrogen-bond acceptors (Lipinski definition) is 2. The molecule has 20 heavy (non-hydrogen) atoms. The zero-order valence-corrected chi connectivity index (χ0v) is 13.1. The lowest BCUT2D eigenvalue weighted by atomic mass is 9.81. The Morgan fingerprint density at radius 2 is 1.55 bits per heavy atom. The molecule has 2 rings (SSSR count). The van der Waals surface area contributed by atoms with Crippen LogP contribution in [0.15, 0.2) is 42.9 Å². The van der Waals surface area contributed by atoms with E-state index in [0.717, 1.165) is 12.1 Å². The van der Waals surface area contributed by atoms with Crippen molar-refractivity contribution in [2.45, 2.75) is 51.9 Å². The molecule has 0 aliphatic heterocycles. The van der Waals surface area contributed by atoms with Gasteiger partial charge < -0.3 is 0 Å². The quantitative estimate of drug-likeness (QED) is 0.829. The van der Waals surface area contributed by atoms with Crippen molar-refractivity contribution >= 4 is 0 Å². The zero-order valence-electron chi connectivity index (χ0n) is 13.1. The van der Waals surface area contributed by atoms with Crippen LogP contribution in [0.25, 0.3) is 0 Å². The first-order valence-corrected chi connectivity index (χ1v) is 7.15. The molecule has 0 radical (unpaired) electrons. The van der Waals surface area contributed by atoms with E-state index in [4.69, 9.17) is 0 Å². The summed E-state index contributed by atoms with van der Waals surface area (Å²) in [5.74, 6) is 0. The highest BCUT2D eigenvalue weighted by atomic mass is 14.8. The molecule has 0 atom stereocenters. The highest BCUT2D eigenvalue weighted by Crippen LogP contribution is 2.27. The summed E-state index contributed by atoms with van der Waals surface area (Å²) in [5, 5.41) is 0. The molecule has 2 nitrogen and oxygen atoms in total. The summed E-state index contributed by atoms with van der Waals surface area (Å²) >= 11 is 0. The smallest absolute Gasteiger partial charge is 0.0646 e. The fraction of sp³-hybridized carbons (Fsp3) is 0.444. The molecule has 0 spiro atoms. The Morgan fingerprint density at radius 1 is 0.900 bits per heavy atom. The maximum atomic E-state index is 4.44. The molecule has 2 heteroatoms. The second-order valence-electron chi connectivity index (χ2n) is 7.10. The van der Waals surface area contributed by atoms with E-state index in [2.05, 4.69) is 68.9 Å². The molecule has 0 bridgehead atoms. The summed E-state index contributed by atoms with van der Waals surface area (Å²) in [6.45, 7) is 11.2. The van der Waals surface area contributed by atoms with Gasteiger partial charge in [-0.3, -0.25) is 9.97 Å². The Bertz CT molecular complexity index is 548. The van der Waals surface area contributed by atoms with Crippen LogP contribution in [0.4, 0.5) is 0 Å². The summed E-state index contributed by atoms with van der Waals surface area (Å²) in [7, 11) is 0. The van der Waals surface area contributed by atoms with Crippen molar-refractivity contribution in [1.82, 2.24) is 9.97 Å². The molecule has 0 aliphatic carbocycles. The van der Waals surface area contributed by atoms with Crippen molar-refractivity contribution in [3.8, 4) is 0 Å². The summed E-state index contributed by atoms with van der Waals surface area (Å²) in [5.41, 5.74) is 3.96. The number of benzene rings is 1. The van der Waals surface area contributed by atoms with Crippen molar-refractivity contribution in [1.29, 1.82) is 0 Å². The molecule has 0 saturated carbocycles. The zero-order chi connectivity index (χ0) is 14.8. The first-order valence-electron chi connectivity index (χ1n) is 7.15. The third-order valence-corrected chi connectivity index (χ3v) is 3.72. The van der Waals surface area contributed by atoms with Gasteiger partial charge in [0.15, 0.2) is 0 Å². The van der Waals surface area contributed by atoms with Gasteiger partial charge in [-0.05, 0) is 23.0 Å². The third-order valence-electron chi connectivity index (χ3n) is 3.72. The minimum atomic E-state index is -0.00247. The Kier molecular flexibility index (Phi) is 3.94. The third kappa shape index (κ3) is 3.44. The Morgan fingerprint density at radius 3 is 2.05 bits per heavy atom. The van der Waals surface area contributed by atoms with E-state index in [1.54, 1.807) is 12.4 Å². The summed E-state index contributed by atoms with van der Waals surface area (Å²) in [6.07, 6.45) is 6.32. The van der Waals surface area contributed by atoms with Gasteiger partial charge in [0.1, 0.15) is 0 Å². The van der Waals surface area contributed by atoms with Gasteiger partial charge in [0, 0.05) is 24.0 Å².